The summed E-state index contributed by atoms with van der Waals surface area (Å²) < 4.78 is 50.6. The Labute approximate surface area is 232 Å². The standard InChI is InChI=1S/C24H32ClFN8O4S/c1-7-33(5)39(36,37)32-20-11-16(25)10-17(21(20)26)18-13-34(14(2)3)31-22(18)19-8-9-27-23(30-19)28-12-15(4)29-24(35)38-6/h8-11,13-15,32H,7,12H2,1-6H3,(H,29,35)(H,27,28,30)/t15-/m0/s1. The Morgan fingerprint density at radius 3 is 2.62 bits per heavy atom. The molecule has 0 fully saturated rings. The summed E-state index contributed by atoms with van der Waals surface area (Å²) in [5.74, 6) is -0.550. The number of nitrogens with one attached hydrogen (secondary N) is 3. The third-order valence-corrected chi connectivity index (χ3v) is 7.47. The van der Waals surface area contributed by atoms with Gasteiger partial charge in [0.05, 0.1) is 18.5 Å². The number of anilines is 2. The molecule has 0 aliphatic rings. The summed E-state index contributed by atoms with van der Waals surface area (Å²) in [5.41, 5.74) is 0.847. The lowest BCUT2D eigenvalue weighted by Crippen LogP contribution is -2.37. The van der Waals surface area contributed by atoms with Crippen molar-refractivity contribution in [3.63, 3.8) is 0 Å². The number of rotatable bonds is 11. The van der Waals surface area contributed by atoms with E-state index in [-0.39, 0.29) is 40.9 Å². The lowest BCUT2D eigenvalue weighted by atomic mass is 10.0. The monoisotopic (exact) mass is 582 g/mol. The molecule has 0 bridgehead atoms. The number of hydrogen-bond donors (Lipinski definition) is 3. The number of benzene rings is 1. The van der Waals surface area contributed by atoms with Gasteiger partial charge in [0.1, 0.15) is 5.69 Å². The molecule has 15 heteroatoms. The van der Waals surface area contributed by atoms with Gasteiger partial charge in [0.25, 0.3) is 0 Å². The second kappa shape index (κ2) is 12.6. The number of amides is 1. The third-order valence-electron chi connectivity index (χ3n) is 5.70. The molecule has 212 valence electrons. The lowest BCUT2D eigenvalue weighted by molar-refractivity contribution is 0.168. The zero-order valence-corrected chi connectivity index (χ0v) is 24.1. The number of alkyl carbamates (subject to hydrolysis) is 1. The van der Waals surface area contributed by atoms with Crippen LogP contribution in [0.25, 0.3) is 22.5 Å². The number of aromatic nitrogens is 4. The molecule has 1 atom stereocenters. The highest BCUT2D eigenvalue weighted by Crippen LogP contribution is 2.37. The largest absolute Gasteiger partial charge is 0.453 e. The average Bonchev–Trinajstić information content (AvgIpc) is 3.34. The van der Waals surface area contributed by atoms with Gasteiger partial charge in [-0.3, -0.25) is 9.40 Å². The number of methoxy groups -OCH3 is 1. The zero-order valence-electron chi connectivity index (χ0n) is 22.5. The van der Waals surface area contributed by atoms with Crippen LogP contribution in [-0.2, 0) is 14.9 Å². The van der Waals surface area contributed by atoms with E-state index < -0.39 is 22.1 Å². The summed E-state index contributed by atoms with van der Waals surface area (Å²) in [6, 6.07) is 3.89. The highest BCUT2D eigenvalue weighted by atomic mass is 35.5. The molecular weight excluding hydrogens is 551 g/mol. The van der Waals surface area contributed by atoms with Gasteiger partial charge in [0, 0.05) is 60.8 Å². The number of carbonyl (C=O) groups is 1. The second-order valence-corrected chi connectivity index (χ2v) is 11.2. The minimum absolute atomic E-state index is 0.0465. The van der Waals surface area contributed by atoms with Crippen LogP contribution < -0.4 is 15.4 Å². The van der Waals surface area contributed by atoms with E-state index >= 15 is 4.39 Å². The molecule has 0 unspecified atom stereocenters. The van der Waals surface area contributed by atoms with Gasteiger partial charge >= 0.3 is 16.3 Å². The van der Waals surface area contributed by atoms with Crippen LogP contribution in [0.5, 0.6) is 0 Å². The van der Waals surface area contributed by atoms with Crippen LogP contribution in [0, 0.1) is 5.82 Å². The predicted octanol–water partition coefficient (Wildman–Crippen LogP) is 4.15. The van der Waals surface area contributed by atoms with Crippen molar-refractivity contribution < 1.29 is 22.3 Å². The summed E-state index contributed by atoms with van der Waals surface area (Å²) in [4.78, 5) is 20.2. The predicted molar refractivity (Wildman–Crippen MR) is 148 cm³/mol. The molecule has 39 heavy (non-hydrogen) atoms. The van der Waals surface area contributed by atoms with Gasteiger partial charge in [0.15, 0.2) is 5.82 Å². The molecule has 0 aliphatic carbocycles. The summed E-state index contributed by atoms with van der Waals surface area (Å²) >= 11 is 6.31. The molecule has 12 nitrogen and oxygen atoms in total. The molecule has 0 radical (unpaired) electrons. The number of halogens is 2. The van der Waals surface area contributed by atoms with E-state index in [0.717, 1.165) is 4.31 Å². The van der Waals surface area contributed by atoms with Gasteiger partial charge in [-0.05, 0) is 39.0 Å². The summed E-state index contributed by atoms with van der Waals surface area (Å²) in [6.07, 6.45) is 2.62. The van der Waals surface area contributed by atoms with E-state index in [1.807, 2.05) is 13.8 Å². The van der Waals surface area contributed by atoms with Gasteiger partial charge in [-0.15, -0.1) is 0 Å². The Kier molecular flexibility index (Phi) is 9.69. The Hall–Kier alpha value is -3.49. The molecular formula is C24H32ClFN8O4S. The van der Waals surface area contributed by atoms with Gasteiger partial charge in [-0.2, -0.15) is 17.8 Å². The zero-order chi connectivity index (χ0) is 28.9. The summed E-state index contributed by atoms with van der Waals surface area (Å²) in [5, 5.41) is 10.4. The van der Waals surface area contributed by atoms with E-state index in [1.165, 1.54) is 32.5 Å². The average molecular weight is 583 g/mol. The number of ether oxygens (including phenoxy) is 1. The fraction of sp³-hybridized carbons (Fsp3) is 0.417. The van der Waals surface area contributed by atoms with E-state index in [1.54, 1.807) is 30.8 Å². The topological polar surface area (TPSA) is 143 Å². The van der Waals surface area contributed by atoms with Crippen LogP contribution in [-0.4, -0.2) is 71.9 Å². The van der Waals surface area contributed by atoms with Crippen molar-refractivity contribution in [3.05, 3.63) is 41.4 Å². The van der Waals surface area contributed by atoms with Crippen molar-refractivity contribution >= 4 is 39.5 Å². The smallest absolute Gasteiger partial charge is 0.407 e. The highest BCUT2D eigenvalue weighted by molar-refractivity contribution is 7.90. The summed E-state index contributed by atoms with van der Waals surface area (Å²) in [6.45, 7) is 7.77. The molecule has 0 aliphatic heterocycles. The Morgan fingerprint density at radius 2 is 1.97 bits per heavy atom. The van der Waals surface area contributed by atoms with Crippen LogP contribution in [0.3, 0.4) is 0 Å². The van der Waals surface area contributed by atoms with Gasteiger partial charge < -0.3 is 15.4 Å². The summed E-state index contributed by atoms with van der Waals surface area (Å²) in [7, 11) is -1.34. The highest BCUT2D eigenvalue weighted by Gasteiger charge is 2.24. The van der Waals surface area contributed by atoms with Crippen LogP contribution in [0.2, 0.25) is 5.02 Å². The molecule has 3 rings (SSSR count). The first kappa shape index (κ1) is 30.1. The van der Waals surface area contributed by atoms with Crippen LogP contribution in [0.1, 0.15) is 33.7 Å². The second-order valence-electron chi connectivity index (χ2n) is 8.98. The minimum atomic E-state index is -4.00. The Morgan fingerprint density at radius 1 is 1.26 bits per heavy atom. The Balaban J connectivity index is 2.03. The maximum atomic E-state index is 15.8. The Bertz CT molecular complexity index is 1430. The van der Waals surface area contributed by atoms with Crippen LogP contribution >= 0.6 is 11.6 Å². The van der Waals surface area contributed by atoms with Crippen molar-refractivity contribution in [3.8, 4) is 22.5 Å². The van der Waals surface area contributed by atoms with E-state index in [2.05, 4.69) is 35.2 Å². The van der Waals surface area contributed by atoms with Crippen molar-refractivity contribution in [1.29, 1.82) is 0 Å². The van der Waals surface area contributed by atoms with Crippen molar-refractivity contribution in [2.24, 2.45) is 0 Å². The first-order valence-corrected chi connectivity index (χ1v) is 13.9. The molecule has 2 heterocycles. The molecule has 1 amide bonds. The first-order chi connectivity index (χ1) is 18.4. The van der Waals surface area contributed by atoms with Gasteiger partial charge in [-0.25, -0.2) is 19.2 Å². The molecule has 0 saturated heterocycles. The van der Waals surface area contributed by atoms with Crippen LogP contribution in [0.15, 0.2) is 30.6 Å². The van der Waals surface area contributed by atoms with E-state index in [4.69, 9.17) is 11.6 Å². The molecule has 3 aromatic rings. The van der Waals surface area contributed by atoms with Crippen LogP contribution in [0.4, 0.5) is 20.8 Å². The maximum absolute atomic E-state index is 15.8. The van der Waals surface area contributed by atoms with E-state index in [9.17, 15) is 13.2 Å². The maximum Gasteiger partial charge on any atom is 0.407 e. The molecule has 2 aromatic heterocycles. The minimum Gasteiger partial charge on any atom is -0.453 e. The quantitative estimate of drug-likeness (QED) is 0.306. The fourth-order valence-electron chi connectivity index (χ4n) is 3.42. The van der Waals surface area contributed by atoms with Crippen molar-refractivity contribution in [2.45, 2.75) is 39.8 Å². The molecule has 0 spiro atoms. The number of carbonyl (C=O) groups excluding carboxylic acids is 1. The molecule has 3 N–H and O–H groups in total. The fourth-order valence-corrected chi connectivity index (χ4v) is 4.56. The van der Waals surface area contributed by atoms with Crippen molar-refractivity contribution in [2.75, 3.05) is 37.3 Å². The lowest BCUT2D eigenvalue weighted by Gasteiger charge is -2.18. The normalized spacial score (nSPS) is 12.5. The molecule has 1 aromatic carbocycles. The van der Waals surface area contributed by atoms with Gasteiger partial charge in [-0.1, -0.05) is 18.5 Å². The first-order valence-electron chi connectivity index (χ1n) is 12.1. The van der Waals surface area contributed by atoms with Gasteiger partial charge in [0.2, 0.25) is 5.95 Å². The van der Waals surface area contributed by atoms with Crippen molar-refractivity contribution in [1.82, 2.24) is 29.4 Å². The number of hydrogen-bond acceptors (Lipinski definition) is 8. The SMILES string of the molecule is CCN(C)S(=O)(=O)Nc1cc(Cl)cc(-c2cn(C(C)C)nc2-c2ccnc(NC[C@H](C)NC(=O)OC)n2)c1F. The van der Waals surface area contributed by atoms with E-state index in [0.29, 0.717) is 23.5 Å². The third kappa shape index (κ3) is 7.34. The molecule has 0 saturated carbocycles. The number of nitrogens with zero attached hydrogens (tertiary/aromatic N) is 5.